The first kappa shape index (κ1) is 12.6. The minimum absolute atomic E-state index is 0.0645. The summed E-state index contributed by atoms with van der Waals surface area (Å²) in [7, 11) is 1.71. The van der Waals surface area contributed by atoms with Crippen LogP contribution in [0.4, 0.5) is 0 Å². The van der Waals surface area contributed by atoms with Crippen LogP contribution in [0.2, 0.25) is 0 Å². The number of ether oxygens (including phenoxy) is 1. The van der Waals surface area contributed by atoms with Crippen LogP contribution in [-0.4, -0.2) is 60.9 Å². The Bertz CT molecular complexity index is 285. The second-order valence-corrected chi connectivity index (χ2v) is 3.67. The molecule has 6 nitrogen and oxygen atoms in total. The number of rotatable bonds is 4. The van der Waals surface area contributed by atoms with Gasteiger partial charge in [-0.05, 0) is 14.0 Å². The summed E-state index contributed by atoms with van der Waals surface area (Å²) in [6.07, 6.45) is 0.0645. The molecular formula is C10H16N2O4. The molecule has 1 fully saturated rings. The molecule has 1 aliphatic heterocycles. The number of carbonyl (C=O) groups is 3. The summed E-state index contributed by atoms with van der Waals surface area (Å²) in [5.41, 5.74) is 0. The highest BCUT2D eigenvalue weighted by Crippen LogP contribution is 2.04. The van der Waals surface area contributed by atoms with Gasteiger partial charge in [0.2, 0.25) is 11.8 Å². The number of nitrogens with zero attached hydrogens (tertiary/aromatic N) is 2. The topological polar surface area (TPSA) is 66.9 Å². The molecule has 0 aromatic heterocycles. The summed E-state index contributed by atoms with van der Waals surface area (Å²) in [6.45, 7) is 2.57. The predicted octanol–water partition coefficient (Wildman–Crippen LogP) is -0.760. The van der Waals surface area contributed by atoms with Gasteiger partial charge in [0.15, 0.2) is 0 Å². The van der Waals surface area contributed by atoms with Crippen molar-refractivity contribution in [1.82, 2.24) is 9.80 Å². The maximum absolute atomic E-state index is 11.5. The van der Waals surface area contributed by atoms with E-state index in [4.69, 9.17) is 4.74 Å². The Morgan fingerprint density at radius 3 is 2.38 bits per heavy atom. The number of likely N-dealkylation sites (N-methyl/N-ethyl adjacent to an activating group) is 1. The summed E-state index contributed by atoms with van der Waals surface area (Å²) in [5.74, 6) is -0.909. The van der Waals surface area contributed by atoms with Gasteiger partial charge in [-0.2, -0.15) is 0 Å². The Morgan fingerprint density at radius 2 is 1.88 bits per heavy atom. The molecule has 0 unspecified atom stereocenters. The second-order valence-electron chi connectivity index (χ2n) is 3.67. The van der Waals surface area contributed by atoms with Crippen molar-refractivity contribution in [3.05, 3.63) is 0 Å². The van der Waals surface area contributed by atoms with Crippen LogP contribution in [0.15, 0.2) is 0 Å². The molecule has 0 saturated carbocycles. The molecule has 1 rings (SSSR count). The van der Waals surface area contributed by atoms with Gasteiger partial charge in [0, 0.05) is 6.54 Å². The van der Waals surface area contributed by atoms with Gasteiger partial charge in [-0.3, -0.25) is 24.2 Å². The zero-order valence-corrected chi connectivity index (χ0v) is 9.56. The number of carbonyl (C=O) groups excluding carboxylic acids is 3. The number of hydrogen-bond donors (Lipinski definition) is 0. The Hall–Kier alpha value is -1.43. The average Bonchev–Trinajstić information content (AvgIpc) is 2.16. The minimum Gasteiger partial charge on any atom is -0.466 e. The van der Waals surface area contributed by atoms with Crippen molar-refractivity contribution < 1.29 is 19.1 Å². The zero-order chi connectivity index (χ0) is 12.1. The molecular weight excluding hydrogens is 212 g/mol. The molecule has 1 saturated heterocycles. The van der Waals surface area contributed by atoms with E-state index in [0.29, 0.717) is 6.61 Å². The molecule has 0 N–H and O–H groups in total. The molecule has 1 aliphatic rings. The molecule has 90 valence electrons. The Morgan fingerprint density at radius 1 is 1.31 bits per heavy atom. The highest BCUT2D eigenvalue weighted by molar-refractivity contribution is 5.99. The highest BCUT2D eigenvalue weighted by Gasteiger charge is 2.29. The van der Waals surface area contributed by atoms with Crippen LogP contribution in [-0.2, 0) is 19.1 Å². The van der Waals surface area contributed by atoms with Crippen LogP contribution in [0.1, 0.15) is 13.3 Å². The number of esters is 1. The first-order valence-electron chi connectivity index (χ1n) is 5.22. The molecule has 6 heteroatoms. The lowest BCUT2D eigenvalue weighted by molar-refractivity contribution is -0.152. The summed E-state index contributed by atoms with van der Waals surface area (Å²) in [4.78, 5) is 36.8. The Kier molecular flexibility index (Phi) is 4.42. The van der Waals surface area contributed by atoms with E-state index in [1.54, 1.807) is 18.9 Å². The highest BCUT2D eigenvalue weighted by atomic mass is 16.5. The van der Waals surface area contributed by atoms with Crippen LogP contribution in [0.3, 0.4) is 0 Å². The van der Waals surface area contributed by atoms with Gasteiger partial charge in [-0.1, -0.05) is 0 Å². The van der Waals surface area contributed by atoms with Crippen LogP contribution in [0.5, 0.6) is 0 Å². The minimum atomic E-state index is -0.387. The third kappa shape index (κ3) is 3.30. The van der Waals surface area contributed by atoms with Crippen molar-refractivity contribution >= 4 is 17.8 Å². The van der Waals surface area contributed by atoms with Gasteiger partial charge in [-0.25, -0.2) is 0 Å². The fourth-order valence-electron chi connectivity index (χ4n) is 1.51. The molecule has 0 aromatic rings. The van der Waals surface area contributed by atoms with E-state index in [9.17, 15) is 14.4 Å². The van der Waals surface area contributed by atoms with Gasteiger partial charge in [0.05, 0.1) is 26.1 Å². The number of hydrogen-bond acceptors (Lipinski definition) is 5. The van der Waals surface area contributed by atoms with Crippen molar-refractivity contribution in [2.45, 2.75) is 13.3 Å². The Balaban J connectivity index is 2.44. The lowest BCUT2D eigenvalue weighted by atomic mass is 10.3. The molecule has 0 radical (unpaired) electrons. The van der Waals surface area contributed by atoms with E-state index < -0.39 is 0 Å². The van der Waals surface area contributed by atoms with E-state index in [1.165, 1.54) is 0 Å². The van der Waals surface area contributed by atoms with Crippen molar-refractivity contribution in [2.75, 3.05) is 33.3 Å². The van der Waals surface area contributed by atoms with Gasteiger partial charge in [0.1, 0.15) is 0 Å². The molecule has 0 aromatic carbocycles. The van der Waals surface area contributed by atoms with Crippen molar-refractivity contribution in [3.63, 3.8) is 0 Å². The maximum atomic E-state index is 11.5. The fraction of sp³-hybridized carbons (Fsp3) is 0.700. The van der Waals surface area contributed by atoms with Crippen LogP contribution in [0.25, 0.3) is 0 Å². The van der Waals surface area contributed by atoms with E-state index in [-0.39, 0.29) is 43.8 Å². The molecule has 0 spiro atoms. The van der Waals surface area contributed by atoms with E-state index >= 15 is 0 Å². The summed E-state index contributed by atoms with van der Waals surface area (Å²) in [5, 5.41) is 0. The summed E-state index contributed by atoms with van der Waals surface area (Å²) in [6, 6.07) is 0. The number of imide groups is 1. The fourth-order valence-corrected chi connectivity index (χ4v) is 1.51. The normalized spacial score (nSPS) is 17.8. The first-order chi connectivity index (χ1) is 7.54. The van der Waals surface area contributed by atoms with Gasteiger partial charge < -0.3 is 4.74 Å². The molecule has 1 heterocycles. The van der Waals surface area contributed by atoms with Crippen molar-refractivity contribution in [1.29, 1.82) is 0 Å². The quantitative estimate of drug-likeness (QED) is 0.467. The molecule has 0 aliphatic carbocycles. The number of piperazine rings is 1. The Labute approximate surface area is 94.1 Å². The predicted molar refractivity (Wildman–Crippen MR) is 55.5 cm³/mol. The van der Waals surface area contributed by atoms with E-state index in [2.05, 4.69) is 0 Å². The molecule has 0 atom stereocenters. The van der Waals surface area contributed by atoms with Crippen molar-refractivity contribution in [3.8, 4) is 0 Å². The molecule has 0 bridgehead atoms. The third-order valence-corrected chi connectivity index (χ3v) is 2.26. The largest absolute Gasteiger partial charge is 0.466 e. The van der Waals surface area contributed by atoms with Crippen LogP contribution >= 0.6 is 0 Å². The maximum Gasteiger partial charge on any atom is 0.307 e. The van der Waals surface area contributed by atoms with Crippen LogP contribution in [0, 0.1) is 0 Å². The average molecular weight is 228 g/mol. The molecule has 16 heavy (non-hydrogen) atoms. The zero-order valence-electron chi connectivity index (χ0n) is 9.56. The second kappa shape index (κ2) is 5.60. The smallest absolute Gasteiger partial charge is 0.307 e. The lowest BCUT2D eigenvalue weighted by Gasteiger charge is -2.29. The summed E-state index contributed by atoms with van der Waals surface area (Å²) < 4.78 is 4.73. The third-order valence-electron chi connectivity index (χ3n) is 2.26. The van der Waals surface area contributed by atoms with Gasteiger partial charge in [0.25, 0.3) is 0 Å². The van der Waals surface area contributed by atoms with E-state index in [0.717, 1.165) is 4.90 Å². The van der Waals surface area contributed by atoms with Crippen molar-refractivity contribution in [2.24, 2.45) is 0 Å². The number of amides is 2. The molecule has 2 amide bonds. The van der Waals surface area contributed by atoms with Gasteiger partial charge in [-0.15, -0.1) is 0 Å². The monoisotopic (exact) mass is 228 g/mol. The van der Waals surface area contributed by atoms with E-state index in [1.807, 2.05) is 0 Å². The van der Waals surface area contributed by atoms with Gasteiger partial charge >= 0.3 is 5.97 Å². The van der Waals surface area contributed by atoms with Crippen LogP contribution < -0.4 is 0 Å². The first-order valence-corrected chi connectivity index (χ1v) is 5.22. The summed E-state index contributed by atoms with van der Waals surface area (Å²) >= 11 is 0. The lowest BCUT2D eigenvalue weighted by Crippen LogP contribution is -2.53. The standard InChI is InChI=1S/C10H16N2O4/c1-3-16-10(15)4-5-12-8(13)6-11(2)7-9(12)14/h3-7H2,1-2H3. The SMILES string of the molecule is CCOC(=O)CCN1C(=O)CN(C)CC1=O.